The van der Waals surface area contributed by atoms with E-state index in [4.69, 9.17) is 14.2 Å². The average molecular weight is 360 g/mol. The normalized spacial score (nSPS) is 9.92. The number of ether oxygens (including phenoxy) is 5. The summed E-state index contributed by atoms with van der Waals surface area (Å²) in [6.07, 6.45) is 0. The standard InChI is InChI=1S/C19H20O7/c1-22-17(20)12-24-15-9-6-10-16(25-13-18(21)23-2)19(15)26-11-14-7-4-3-5-8-14/h3-10H,11-13H2,1-2H3. The molecule has 0 spiro atoms. The van der Waals surface area contributed by atoms with Crippen molar-refractivity contribution in [1.29, 1.82) is 0 Å². The Morgan fingerprint density at radius 1 is 0.731 bits per heavy atom. The molecule has 2 rings (SSSR count). The van der Waals surface area contributed by atoms with Gasteiger partial charge >= 0.3 is 11.9 Å². The predicted octanol–water partition coefficient (Wildman–Crippen LogP) is 2.37. The number of esters is 2. The van der Waals surface area contributed by atoms with E-state index in [1.807, 2.05) is 30.3 Å². The van der Waals surface area contributed by atoms with Gasteiger partial charge in [0.2, 0.25) is 5.75 Å². The quantitative estimate of drug-likeness (QED) is 0.635. The Hall–Kier alpha value is -3.22. The summed E-state index contributed by atoms with van der Waals surface area (Å²) in [5.41, 5.74) is 0.939. The molecule has 0 aliphatic heterocycles. The second kappa shape index (κ2) is 9.93. The van der Waals surface area contributed by atoms with E-state index in [0.717, 1.165) is 5.56 Å². The van der Waals surface area contributed by atoms with Gasteiger partial charge in [0.1, 0.15) is 6.61 Å². The number of hydrogen-bond acceptors (Lipinski definition) is 7. The van der Waals surface area contributed by atoms with E-state index in [2.05, 4.69) is 9.47 Å². The second-order valence-electron chi connectivity index (χ2n) is 5.09. The van der Waals surface area contributed by atoms with Crippen LogP contribution >= 0.6 is 0 Å². The Morgan fingerprint density at radius 3 is 1.77 bits per heavy atom. The van der Waals surface area contributed by atoms with Gasteiger partial charge in [0, 0.05) is 0 Å². The number of carbonyl (C=O) groups is 2. The molecule has 7 heteroatoms. The Labute approximate surface area is 151 Å². The van der Waals surface area contributed by atoms with Crippen LogP contribution in [-0.4, -0.2) is 39.4 Å². The van der Waals surface area contributed by atoms with Gasteiger partial charge < -0.3 is 23.7 Å². The fraction of sp³-hybridized carbons (Fsp3) is 0.263. The molecule has 0 saturated heterocycles. The lowest BCUT2D eigenvalue weighted by Crippen LogP contribution is -2.15. The molecular formula is C19H20O7. The Kier molecular flexibility index (Phi) is 7.30. The van der Waals surface area contributed by atoms with Crippen molar-refractivity contribution in [3.8, 4) is 17.2 Å². The molecule has 0 aliphatic carbocycles. The molecule has 0 aliphatic rings. The maximum atomic E-state index is 11.3. The summed E-state index contributed by atoms with van der Waals surface area (Å²) in [4.78, 5) is 22.7. The highest BCUT2D eigenvalue weighted by Crippen LogP contribution is 2.38. The highest BCUT2D eigenvalue weighted by atomic mass is 16.6. The topological polar surface area (TPSA) is 80.3 Å². The lowest BCUT2D eigenvalue weighted by molar-refractivity contribution is -0.143. The molecule has 0 saturated carbocycles. The van der Waals surface area contributed by atoms with Gasteiger partial charge in [0.05, 0.1) is 14.2 Å². The minimum absolute atomic E-state index is 0.258. The lowest BCUT2D eigenvalue weighted by Gasteiger charge is -2.16. The molecule has 0 aromatic heterocycles. The predicted molar refractivity (Wildman–Crippen MR) is 92.2 cm³/mol. The first-order valence-electron chi connectivity index (χ1n) is 7.83. The minimum atomic E-state index is -0.528. The molecule has 0 amide bonds. The van der Waals surface area contributed by atoms with Crippen molar-refractivity contribution in [3.05, 3.63) is 54.1 Å². The maximum absolute atomic E-state index is 11.3. The molecular weight excluding hydrogens is 340 g/mol. The van der Waals surface area contributed by atoms with Crippen LogP contribution in [0.15, 0.2) is 48.5 Å². The zero-order valence-corrected chi connectivity index (χ0v) is 14.6. The zero-order chi connectivity index (χ0) is 18.8. The molecule has 2 aromatic rings. The number of methoxy groups -OCH3 is 2. The third-order valence-corrected chi connectivity index (χ3v) is 3.32. The van der Waals surface area contributed by atoms with Gasteiger partial charge in [-0.2, -0.15) is 0 Å². The van der Waals surface area contributed by atoms with Crippen LogP contribution in [-0.2, 0) is 25.7 Å². The van der Waals surface area contributed by atoms with Gasteiger partial charge in [-0.25, -0.2) is 9.59 Å². The Balaban J connectivity index is 2.19. The monoisotopic (exact) mass is 360 g/mol. The number of para-hydroxylation sites is 1. The molecule has 0 unspecified atom stereocenters. The van der Waals surface area contributed by atoms with Gasteiger partial charge in [-0.3, -0.25) is 0 Å². The van der Waals surface area contributed by atoms with Crippen LogP contribution in [0.4, 0.5) is 0 Å². The van der Waals surface area contributed by atoms with Crippen molar-refractivity contribution in [3.63, 3.8) is 0 Å². The smallest absolute Gasteiger partial charge is 0.343 e. The summed E-state index contributed by atoms with van der Waals surface area (Å²) in [6.45, 7) is -0.300. The summed E-state index contributed by atoms with van der Waals surface area (Å²) >= 11 is 0. The largest absolute Gasteiger partial charge is 0.482 e. The van der Waals surface area contributed by atoms with Gasteiger partial charge in [-0.05, 0) is 17.7 Å². The third-order valence-electron chi connectivity index (χ3n) is 3.32. The summed E-state index contributed by atoms with van der Waals surface area (Å²) in [5, 5.41) is 0. The van der Waals surface area contributed by atoms with Crippen molar-refractivity contribution in [2.75, 3.05) is 27.4 Å². The highest BCUT2D eigenvalue weighted by molar-refractivity contribution is 5.72. The number of benzene rings is 2. The number of rotatable bonds is 9. The fourth-order valence-electron chi connectivity index (χ4n) is 1.99. The highest BCUT2D eigenvalue weighted by Gasteiger charge is 2.16. The van der Waals surface area contributed by atoms with Gasteiger partial charge in [0.25, 0.3) is 0 Å². The van der Waals surface area contributed by atoms with E-state index in [1.165, 1.54) is 14.2 Å². The first-order chi connectivity index (χ1) is 12.6. The van der Waals surface area contributed by atoms with Crippen LogP contribution in [0.5, 0.6) is 17.2 Å². The van der Waals surface area contributed by atoms with Gasteiger partial charge in [-0.1, -0.05) is 36.4 Å². The van der Waals surface area contributed by atoms with Crippen LogP contribution in [0.25, 0.3) is 0 Å². The zero-order valence-electron chi connectivity index (χ0n) is 14.6. The van der Waals surface area contributed by atoms with E-state index in [0.29, 0.717) is 11.5 Å². The van der Waals surface area contributed by atoms with E-state index in [9.17, 15) is 9.59 Å². The van der Waals surface area contributed by atoms with Gasteiger partial charge in [-0.15, -0.1) is 0 Å². The second-order valence-corrected chi connectivity index (χ2v) is 5.09. The third kappa shape index (κ3) is 5.70. The SMILES string of the molecule is COC(=O)COc1cccc(OCC(=O)OC)c1OCc1ccccc1. The molecule has 26 heavy (non-hydrogen) atoms. The molecule has 0 bridgehead atoms. The fourth-order valence-corrected chi connectivity index (χ4v) is 1.99. The first-order valence-corrected chi connectivity index (χ1v) is 7.83. The van der Waals surface area contributed by atoms with Crippen LogP contribution in [0.2, 0.25) is 0 Å². The first kappa shape index (κ1) is 19.1. The van der Waals surface area contributed by atoms with Crippen LogP contribution < -0.4 is 14.2 Å². The average Bonchev–Trinajstić information content (AvgIpc) is 2.69. The Bertz CT molecular complexity index is 690. The van der Waals surface area contributed by atoms with E-state index >= 15 is 0 Å². The van der Waals surface area contributed by atoms with Crippen molar-refractivity contribution >= 4 is 11.9 Å². The van der Waals surface area contributed by atoms with E-state index < -0.39 is 11.9 Å². The van der Waals surface area contributed by atoms with Crippen LogP contribution in [0, 0.1) is 0 Å². The summed E-state index contributed by atoms with van der Waals surface area (Å²) < 4.78 is 25.9. The molecule has 0 N–H and O–H groups in total. The molecule has 0 fully saturated rings. The van der Waals surface area contributed by atoms with E-state index in [1.54, 1.807) is 18.2 Å². The molecule has 0 radical (unpaired) electrons. The summed E-state index contributed by atoms with van der Waals surface area (Å²) in [6, 6.07) is 14.4. The van der Waals surface area contributed by atoms with E-state index in [-0.39, 0.29) is 25.6 Å². The molecule has 138 valence electrons. The molecule has 0 atom stereocenters. The maximum Gasteiger partial charge on any atom is 0.343 e. The van der Waals surface area contributed by atoms with Crippen LogP contribution in [0.1, 0.15) is 5.56 Å². The number of hydrogen-bond donors (Lipinski definition) is 0. The molecule has 7 nitrogen and oxygen atoms in total. The van der Waals surface area contributed by atoms with Crippen molar-refractivity contribution in [1.82, 2.24) is 0 Å². The lowest BCUT2D eigenvalue weighted by atomic mass is 10.2. The Morgan fingerprint density at radius 2 is 1.27 bits per heavy atom. The van der Waals surface area contributed by atoms with Crippen molar-refractivity contribution < 1.29 is 33.3 Å². The number of carbonyl (C=O) groups excluding carboxylic acids is 2. The van der Waals surface area contributed by atoms with Crippen molar-refractivity contribution in [2.24, 2.45) is 0 Å². The van der Waals surface area contributed by atoms with Gasteiger partial charge in [0.15, 0.2) is 24.7 Å². The summed E-state index contributed by atoms with van der Waals surface area (Å²) in [7, 11) is 2.54. The molecule has 0 heterocycles. The molecule has 2 aromatic carbocycles. The summed E-state index contributed by atoms with van der Waals surface area (Å²) in [5.74, 6) is -0.175. The van der Waals surface area contributed by atoms with Crippen LogP contribution in [0.3, 0.4) is 0 Å². The minimum Gasteiger partial charge on any atom is -0.482 e. The van der Waals surface area contributed by atoms with Crippen molar-refractivity contribution in [2.45, 2.75) is 6.61 Å².